The van der Waals surface area contributed by atoms with Crippen molar-refractivity contribution >= 4 is 0 Å². The number of rotatable bonds is 20. The van der Waals surface area contributed by atoms with Crippen LogP contribution < -0.4 is 21.2 Å². The summed E-state index contributed by atoms with van der Waals surface area (Å²) in [6.07, 6.45) is 25.0. The average molecular weight is 562 g/mol. The topological polar surface area (TPSA) is 0 Å². The number of hydrogen-bond donors (Lipinski definition) is 0. The van der Waals surface area contributed by atoms with Gasteiger partial charge in [0.25, 0.3) is 0 Å². The van der Waals surface area contributed by atoms with Crippen molar-refractivity contribution in [1.29, 1.82) is 0 Å². The Hall–Kier alpha value is -0.830. The molecule has 0 nitrogen and oxygen atoms in total. The van der Waals surface area contributed by atoms with Crippen LogP contribution in [0, 0.1) is 7.14 Å². The van der Waals surface area contributed by atoms with E-state index in [0.29, 0.717) is 0 Å². The minimum atomic E-state index is -0.0519. The molecule has 2 rings (SSSR count). The second-order valence-corrected chi connectivity index (χ2v) is 12.8. The van der Waals surface area contributed by atoms with E-state index in [4.69, 9.17) is 0 Å². The van der Waals surface area contributed by atoms with Crippen LogP contribution in [-0.2, 0) is 12.8 Å². The minimum absolute atomic E-state index is 0.0519. The van der Waals surface area contributed by atoms with Gasteiger partial charge in [-0.1, -0.05) is 26.7 Å². The molecule has 0 unspecified atom stereocenters. The maximum atomic E-state index is 2.39. The first-order chi connectivity index (χ1) is 16.3. The Morgan fingerprint density at radius 2 is 0.697 bits per heavy atom. The fourth-order valence-corrected chi connectivity index (χ4v) is 6.64. The van der Waals surface area contributed by atoms with E-state index < -0.39 is 0 Å². The Morgan fingerprint density at radius 1 is 0.394 bits per heavy atom. The third-order valence-corrected chi connectivity index (χ3v) is 9.37. The van der Waals surface area contributed by atoms with Gasteiger partial charge in [0, 0.05) is 0 Å². The van der Waals surface area contributed by atoms with Gasteiger partial charge in [-0.15, -0.1) is 0 Å². The monoisotopic (exact) mass is 561 g/mol. The van der Waals surface area contributed by atoms with Crippen LogP contribution in [-0.4, -0.2) is 0 Å². The predicted molar refractivity (Wildman–Crippen MR) is 143 cm³/mol. The fraction of sp³-hybridized carbons (Fsp3) is 0.625. The van der Waals surface area contributed by atoms with Crippen LogP contribution in [0.5, 0.6) is 0 Å². The van der Waals surface area contributed by atoms with Gasteiger partial charge >= 0.3 is 191 Å². The van der Waals surface area contributed by atoms with Gasteiger partial charge in [0.15, 0.2) is 0 Å². The van der Waals surface area contributed by atoms with Crippen molar-refractivity contribution in [3.8, 4) is 0 Å². The number of benzene rings is 2. The van der Waals surface area contributed by atoms with Crippen molar-refractivity contribution in [2.45, 2.75) is 129 Å². The Kier molecular flexibility index (Phi) is 16.8. The zero-order valence-corrected chi connectivity index (χ0v) is 23.9. The normalized spacial score (nSPS) is 11.3. The molecule has 0 N–H and O–H groups in total. The molecule has 0 bridgehead atoms. The first kappa shape index (κ1) is 28.4. The Labute approximate surface area is 216 Å². The molecule has 0 aromatic heterocycles. The Morgan fingerprint density at radius 3 is 1.03 bits per heavy atom. The molecule has 186 valence electrons. The number of aryl methyl sites for hydroxylation is 2. The van der Waals surface area contributed by atoms with Gasteiger partial charge in [-0.2, -0.15) is 0 Å². The standard InChI is InChI=1S/C32H50I/c1-3-5-7-9-11-13-15-17-19-29-21-25-31(26-22-29)33-32-27-23-30(24-28-32)20-18-16-14-12-10-8-6-4-2/h21-28H,3-20H2,1-2H3/q-1. The molecular weight excluding hydrogens is 511 g/mol. The second kappa shape index (κ2) is 19.5. The Bertz CT molecular complexity index is 624. The molecule has 0 aliphatic rings. The van der Waals surface area contributed by atoms with Crippen LogP contribution in [0.25, 0.3) is 0 Å². The number of hydrogen-bond acceptors (Lipinski definition) is 0. The van der Waals surface area contributed by atoms with E-state index in [1.807, 2.05) is 0 Å². The summed E-state index contributed by atoms with van der Waals surface area (Å²) in [5.74, 6) is 0. The predicted octanol–water partition coefficient (Wildman–Crippen LogP) is 7.18. The number of unbranched alkanes of at least 4 members (excludes halogenated alkanes) is 14. The van der Waals surface area contributed by atoms with Crippen LogP contribution in [0.3, 0.4) is 0 Å². The summed E-state index contributed by atoms with van der Waals surface area (Å²) >= 11 is -0.0519. The molecule has 0 fully saturated rings. The van der Waals surface area contributed by atoms with E-state index in [2.05, 4.69) is 62.4 Å². The van der Waals surface area contributed by atoms with Gasteiger partial charge in [0.1, 0.15) is 0 Å². The summed E-state index contributed by atoms with van der Waals surface area (Å²) in [6.45, 7) is 4.59. The third-order valence-electron chi connectivity index (χ3n) is 6.68. The quantitative estimate of drug-likeness (QED) is 0.119. The first-order valence-electron chi connectivity index (χ1n) is 14.1. The summed E-state index contributed by atoms with van der Waals surface area (Å²) in [7, 11) is 0. The maximum absolute atomic E-state index is 2.39. The zero-order valence-electron chi connectivity index (χ0n) is 21.7. The summed E-state index contributed by atoms with van der Waals surface area (Å²) in [5, 5.41) is 0. The molecule has 1 heteroatoms. The van der Waals surface area contributed by atoms with Crippen molar-refractivity contribution in [1.82, 2.24) is 0 Å². The molecule has 0 amide bonds. The van der Waals surface area contributed by atoms with Crippen molar-refractivity contribution in [3.63, 3.8) is 0 Å². The Balaban J connectivity index is 1.57. The van der Waals surface area contributed by atoms with E-state index in [9.17, 15) is 0 Å². The molecular formula is C32H50I-. The van der Waals surface area contributed by atoms with Crippen molar-refractivity contribution in [2.24, 2.45) is 0 Å². The zero-order chi connectivity index (χ0) is 23.4. The summed E-state index contributed by atoms with van der Waals surface area (Å²) in [5.41, 5.74) is 3.05. The molecule has 0 atom stereocenters. The van der Waals surface area contributed by atoms with E-state index in [0.717, 1.165) is 0 Å². The van der Waals surface area contributed by atoms with E-state index in [-0.39, 0.29) is 21.2 Å². The third kappa shape index (κ3) is 14.2. The van der Waals surface area contributed by atoms with E-state index in [1.165, 1.54) is 127 Å². The van der Waals surface area contributed by atoms with Crippen LogP contribution in [0.2, 0.25) is 0 Å². The molecule has 0 saturated heterocycles. The summed E-state index contributed by atoms with van der Waals surface area (Å²) < 4.78 is 3.09. The molecule has 0 aliphatic carbocycles. The van der Waals surface area contributed by atoms with Crippen molar-refractivity contribution < 1.29 is 21.2 Å². The SMILES string of the molecule is CCCCCCCCCCc1ccc([I-]c2ccc(CCCCCCCCCC)cc2)cc1. The van der Waals surface area contributed by atoms with Crippen LogP contribution in [0.4, 0.5) is 0 Å². The van der Waals surface area contributed by atoms with Gasteiger partial charge in [0.05, 0.1) is 0 Å². The first-order valence-corrected chi connectivity index (χ1v) is 16.3. The average Bonchev–Trinajstić information content (AvgIpc) is 2.84. The molecule has 33 heavy (non-hydrogen) atoms. The summed E-state index contributed by atoms with van der Waals surface area (Å²) in [6, 6.07) is 19.1. The molecule has 0 aliphatic heterocycles. The van der Waals surface area contributed by atoms with Crippen molar-refractivity contribution in [3.05, 3.63) is 66.8 Å². The van der Waals surface area contributed by atoms with E-state index >= 15 is 0 Å². The fourth-order valence-electron chi connectivity index (χ4n) is 4.48. The molecule has 0 radical (unpaired) electrons. The molecule has 0 saturated carbocycles. The van der Waals surface area contributed by atoms with Gasteiger partial charge in [-0.05, 0) is 0 Å². The van der Waals surface area contributed by atoms with Crippen molar-refractivity contribution in [2.75, 3.05) is 0 Å². The summed E-state index contributed by atoms with van der Waals surface area (Å²) in [4.78, 5) is 0. The van der Waals surface area contributed by atoms with Gasteiger partial charge < -0.3 is 0 Å². The van der Waals surface area contributed by atoms with Crippen LogP contribution in [0.15, 0.2) is 48.5 Å². The van der Waals surface area contributed by atoms with Gasteiger partial charge in [-0.25, -0.2) is 0 Å². The molecule has 2 aromatic carbocycles. The second-order valence-electron chi connectivity index (χ2n) is 9.80. The van der Waals surface area contributed by atoms with Crippen LogP contribution >= 0.6 is 0 Å². The number of halogens is 1. The van der Waals surface area contributed by atoms with Crippen LogP contribution in [0.1, 0.15) is 128 Å². The molecule has 0 heterocycles. The molecule has 0 spiro atoms. The van der Waals surface area contributed by atoms with Gasteiger partial charge in [-0.3, -0.25) is 0 Å². The van der Waals surface area contributed by atoms with E-state index in [1.54, 1.807) is 7.14 Å². The van der Waals surface area contributed by atoms with Gasteiger partial charge in [0.2, 0.25) is 0 Å². The molecule has 2 aromatic rings.